The molecule has 1 atom stereocenters. The molecule has 0 radical (unpaired) electrons. The Labute approximate surface area is 77.3 Å². The summed E-state index contributed by atoms with van der Waals surface area (Å²) in [4.78, 5) is 8.93. The maximum absolute atomic E-state index is 8.93. The van der Waals surface area contributed by atoms with E-state index >= 15 is 0 Å². The normalized spacial score (nSPS) is 9.08. The molecule has 0 bridgehead atoms. The molecule has 0 saturated carbocycles. The molecule has 0 aliphatic carbocycles. The zero-order valence-corrected chi connectivity index (χ0v) is 8.04. The zero-order chi connectivity index (χ0) is 10.9. The van der Waals surface area contributed by atoms with Gasteiger partial charge in [-0.05, 0) is 18.4 Å². The molecule has 0 fully saturated rings. The maximum atomic E-state index is 8.93. The first-order valence-corrected chi connectivity index (χ1v) is 4.06. The van der Waals surface area contributed by atoms with Crippen molar-refractivity contribution in [3.8, 4) is 0 Å². The maximum Gasteiger partial charge on any atom is 0.521 e. The molecular formula is C4H13N4O4P. The van der Waals surface area contributed by atoms with Gasteiger partial charge in [0.15, 0.2) is 0 Å². The fraction of sp³-hybridized carbons (Fsp3) is 0.500. The van der Waals surface area contributed by atoms with Crippen LogP contribution in [0.3, 0.4) is 0 Å². The molecule has 0 aromatic carbocycles. The summed E-state index contributed by atoms with van der Waals surface area (Å²) in [5, 5.41) is 17.3. The van der Waals surface area contributed by atoms with Crippen LogP contribution in [0.25, 0.3) is 0 Å². The average molecular weight is 212 g/mol. The number of nitrogens with zero attached hydrogens (tertiary/aromatic N) is 1. The van der Waals surface area contributed by atoms with Crippen molar-refractivity contribution in [3.63, 3.8) is 0 Å². The summed E-state index contributed by atoms with van der Waals surface area (Å²) in [7, 11) is -3.04. The van der Waals surface area contributed by atoms with E-state index in [2.05, 4.69) is 15.2 Å². The molecule has 9 heteroatoms. The van der Waals surface area contributed by atoms with Crippen molar-refractivity contribution in [2.45, 2.75) is 13.8 Å². The third-order valence-electron chi connectivity index (χ3n) is 0.467. The smallest absolute Gasteiger partial charge is 0.521 e. The quantitative estimate of drug-likeness (QED) is 0.161. The van der Waals surface area contributed by atoms with Gasteiger partial charge in [0.05, 0.1) is 0 Å². The predicted molar refractivity (Wildman–Crippen MR) is 47.3 cm³/mol. The van der Waals surface area contributed by atoms with E-state index in [4.69, 9.17) is 25.9 Å². The Bertz CT molecular complexity index is 208. The van der Waals surface area contributed by atoms with Crippen molar-refractivity contribution in [3.05, 3.63) is 0 Å². The second-order valence-corrected chi connectivity index (χ2v) is 2.50. The Morgan fingerprint density at radius 1 is 1.85 bits per heavy atom. The molecule has 13 heavy (non-hydrogen) atoms. The molecule has 8 nitrogen and oxygen atoms in total. The molecule has 0 aromatic heterocycles. The predicted octanol–water partition coefficient (Wildman–Crippen LogP) is -0.395. The van der Waals surface area contributed by atoms with Gasteiger partial charge >= 0.3 is 8.25 Å². The highest BCUT2D eigenvalue weighted by molar-refractivity contribution is 7.30. The molecule has 0 spiro atoms. The van der Waals surface area contributed by atoms with Gasteiger partial charge in [-0.25, -0.2) is 10.7 Å². The van der Waals surface area contributed by atoms with Crippen molar-refractivity contribution in [1.29, 1.82) is 5.41 Å². The Morgan fingerprint density at radius 2 is 2.23 bits per heavy atom. The molecule has 1 unspecified atom stereocenters. The fourth-order valence-corrected chi connectivity index (χ4v) is 0.172. The number of nitrogens with one attached hydrogen (secondary N) is 2. The molecule has 0 rings (SSSR count). The third kappa shape index (κ3) is 24.8. The van der Waals surface area contributed by atoms with Crippen LogP contribution >= 0.6 is 8.25 Å². The van der Waals surface area contributed by atoms with Crippen LogP contribution in [0.15, 0.2) is 5.10 Å². The number of rotatable bonds is 2. The minimum atomic E-state index is -3.04. The Balaban J connectivity index is -0.000000177. The van der Waals surface area contributed by atoms with Gasteiger partial charge in [-0.15, -0.1) is 0 Å². The van der Waals surface area contributed by atoms with Gasteiger partial charge < -0.3 is 10.6 Å². The molecule has 0 aromatic rings. The first-order chi connectivity index (χ1) is 5.90. The molecule has 0 amide bonds. The average Bonchev–Trinajstić information content (AvgIpc) is 2.02. The Kier molecular flexibility index (Phi) is 10.0. The lowest BCUT2D eigenvalue weighted by atomic mass is 10.5. The summed E-state index contributed by atoms with van der Waals surface area (Å²) in [6, 6.07) is 0. The first-order valence-electron chi connectivity index (χ1n) is 2.97. The van der Waals surface area contributed by atoms with Gasteiger partial charge in [-0.2, -0.15) is 5.10 Å². The van der Waals surface area contributed by atoms with Crippen molar-refractivity contribution in [2.24, 2.45) is 10.8 Å². The van der Waals surface area contributed by atoms with E-state index in [9.17, 15) is 0 Å². The van der Waals surface area contributed by atoms with Gasteiger partial charge in [0, 0.05) is 11.8 Å². The van der Waals surface area contributed by atoms with Crippen LogP contribution in [0.4, 0.5) is 0 Å². The summed E-state index contributed by atoms with van der Waals surface area (Å²) in [5.74, 6) is -0.133. The van der Waals surface area contributed by atoms with Crippen molar-refractivity contribution >= 4 is 19.9 Å². The minimum Gasteiger partial charge on any atom is -0.565 e. The third-order valence-corrected chi connectivity index (χ3v) is 0.600. The van der Waals surface area contributed by atoms with E-state index in [-0.39, 0.29) is 7.39 Å². The second-order valence-electron chi connectivity index (χ2n) is 1.89. The summed E-state index contributed by atoms with van der Waals surface area (Å²) >= 11 is 0. The lowest BCUT2D eigenvalue weighted by molar-refractivity contribution is -0.244. The fourth-order valence-electron chi connectivity index (χ4n) is 0.172. The van der Waals surface area contributed by atoms with Gasteiger partial charge in [0.2, 0.25) is 5.96 Å². The number of hydrogen-bond donors (Lipinski definition) is 4. The summed E-state index contributed by atoms with van der Waals surface area (Å²) in [6.45, 7) is 3.63. The van der Waals surface area contributed by atoms with Crippen LogP contribution in [0.1, 0.15) is 15.3 Å². The standard InChI is InChI=1S/C4H10N4.HO4P.H2/c1-3(2)7-8-4(5)6;1-4-5(2)3;/h1-2H3,(H4,5,6,8);1H;1H. The molecule has 0 aliphatic rings. The number of hydrazone groups is 1. The molecule has 0 heterocycles. The highest BCUT2D eigenvalue weighted by Crippen LogP contribution is 2.02. The Hall–Kier alpha value is -1.08. The molecule has 78 valence electrons. The van der Waals surface area contributed by atoms with E-state index < -0.39 is 8.25 Å². The van der Waals surface area contributed by atoms with Crippen LogP contribution in [0, 0.1) is 5.41 Å². The first kappa shape index (κ1) is 14.4. The van der Waals surface area contributed by atoms with Gasteiger partial charge in [0.25, 0.3) is 0 Å². The largest absolute Gasteiger partial charge is 0.565 e. The highest BCUT2D eigenvalue weighted by atomic mass is 31.1. The van der Waals surface area contributed by atoms with E-state index in [0.29, 0.717) is 0 Å². The molecule has 0 aliphatic heterocycles. The topological polar surface area (TPSA) is 144 Å². The highest BCUT2D eigenvalue weighted by Gasteiger charge is 1.90. The SMILES string of the molecule is CC(C)=NNC(=N)N.O=[P+]([O-])OO.[HH]. The van der Waals surface area contributed by atoms with Crippen LogP contribution in [-0.2, 0) is 9.24 Å². The van der Waals surface area contributed by atoms with Crippen molar-refractivity contribution < 1.29 is 20.8 Å². The van der Waals surface area contributed by atoms with Crippen LogP contribution in [0.5, 0.6) is 0 Å². The van der Waals surface area contributed by atoms with Crippen LogP contribution in [0.2, 0.25) is 0 Å². The summed E-state index contributed by atoms with van der Waals surface area (Å²) in [6.07, 6.45) is 0. The second kappa shape index (κ2) is 9.01. The van der Waals surface area contributed by atoms with Gasteiger partial charge in [-0.3, -0.25) is 5.41 Å². The Morgan fingerprint density at radius 3 is 2.31 bits per heavy atom. The zero-order valence-electron chi connectivity index (χ0n) is 7.14. The van der Waals surface area contributed by atoms with Crippen LogP contribution in [-0.4, -0.2) is 16.9 Å². The molecule has 5 N–H and O–H groups in total. The monoisotopic (exact) mass is 212 g/mol. The summed E-state index contributed by atoms with van der Waals surface area (Å²) < 4.78 is 11.6. The lowest BCUT2D eigenvalue weighted by Crippen LogP contribution is -2.25. The van der Waals surface area contributed by atoms with Gasteiger partial charge in [0.1, 0.15) is 0 Å². The number of nitrogens with two attached hydrogens (primary N) is 1. The molecular weight excluding hydrogens is 199 g/mol. The van der Waals surface area contributed by atoms with Gasteiger partial charge in [-0.1, -0.05) is 0 Å². The van der Waals surface area contributed by atoms with E-state index in [1.807, 2.05) is 13.8 Å². The van der Waals surface area contributed by atoms with Crippen molar-refractivity contribution in [1.82, 2.24) is 5.43 Å². The minimum absolute atomic E-state index is 0. The van der Waals surface area contributed by atoms with Crippen LogP contribution < -0.4 is 16.1 Å². The summed E-state index contributed by atoms with van der Waals surface area (Å²) in [5.41, 5.74) is 8.05. The number of guanidine groups is 1. The van der Waals surface area contributed by atoms with E-state index in [0.717, 1.165) is 5.71 Å². The number of hydrogen-bond acceptors (Lipinski definition) is 6. The van der Waals surface area contributed by atoms with E-state index in [1.165, 1.54) is 0 Å². The van der Waals surface area contributed by atoms with E-state index in [1.54, 1.807) is 0 Å². The molecule has 0 saturated heterocycles. The van der Waals surface area contributed by atoms with Crippen molar-refractivity contribution in [2.75, 3.05) is 0 Å². The lowest BCUT2D eigenvalue weighted by Gasteiger charge is -1.93.